The molecule has 0 aliphatic rings. The summed E-state index contributed by atoms with van der Waals surface area (Å²) >= 11 is 0. The lowest BCUT2D eigenvalue weighted by atomic mass is 10.0. The molecule has 2 aromatic carbocycles. The van der Waals surface area contributed by atoms with Crippen molar-refractivity contribution in [3.63, 3.8) is 0 Å². The second kappa shape index (κ2) is 11.0. The molecule has 0 fully saturated rings. The lowest BCUT2D eigenvalue weighted by Crippen LogP contribution is -1.95. The van der Waals surface area contributed by atoms with Crippen LogP contribution < -0.4 is 4.74 Å². The van der Waals surface area contributed by atoms with E-state index < -0.39 is 0 Å². The van der Waals surface area contributed by atoms with Gasteiger partial charge in [-0.15, -0.1) is 0 Å². The summed E-state index contributed by atoms with van der Waals surface area (Å²) in [5.41, 5.74) is 1.78. The quantitative estimate of drug-likeness (QED) is 0.460. The number of hydrogen-bond donors (Lipinski definition) is 0. The summed E-state index contributed by atoms with van der Waals surface area (Å²) in [5.74, 6) is 1.21. The van der Waals surface area contributed by atoms with Gasteiger partial charge >= 0.3 is 0 Å². The maximum atomic E-state index is 9.36. The molecule has 3 nitrogen and oxygen atoms in total. The van der Waals surface area contributed by atoms with Crippen LogP contribution in [-0.2, 0) is 6.42 Å². The Morgan fingerprint density at radius 1 is 0.769 bits per heavy atom. The summed E-state index contributed by atoms with van der Waals surface area (Å²) in [7, 11) is 0. The third-order valence-corrected chi connectivity index (χ3v) is 4.50. The van der Waals surface area contributed by atoms with Gasteiger partial charge in [0.1, 0.15) is 29.2 Å². The zero-order valence-corrected chi connectivity index (χ0v) is 15.5. The van der Waals surface area contributed by atoms with Crippen molar-refractivity contribution >= 4 is 0 Å². The average molecular weight is 346 g/mol. The lowest BCUT2D eigenvalue weighted by molar-refractivity contribution is 0.472. The summed E-state index contributed by atoms with van der Waals surface area (Å²) in [6, 6.07) is 17.2. The number of nitrogens with zero attached hydrogens (tertiary/aromatic N) is 2. The topological polar surface area (TPSA) is 56.8 Å². The first-order valence-corrected chi connectivity index (χ1v) is 9.49. The van der Waals surface area contributed by atoms with Crippen LogP contribution in [0.5, 0.6) is 11.5 Å². The Kier molecular flexibility index (Phi) is 8.24. The largest absolute Gasteiger partial charge is 0.456 e. The predicted molar refractivity (Wildman–Crippen MR) is 104 cm³/mol. The van der Waals surface area contributed by atoms with Crippen molar-refractivity contribution in [2.75, 3.05) is 0 Å². The molecule has 2 aromatic rings. The number of para-hydroxylation sites is 1. The predicted octanol–water partition coefficient (Wildman–Crippen LogP) is 6.52. The number of aryl methyl sites for hydroxylation is 1. The summed E-state index contributed by atoms with van der Waals surface area (Å²) in [4.78, 5) is 0. The Morgan fingerprint density at radius 2 is 1.46 bits per heavy atom. The molecule has 0 amide bonds. The molecule has 0 aliphatic carbocycles. The van der Waals surface area contributed by atoms with Gasteiger partial charge in [-0.1, -0.05) is 69.7 Å². The first kappa shape index (κ1) is 19.5. The van der Waals surface area contributed by atoms with Crippen LogP contribution in [0.25, 0.3) is 0 Å². The van der Waals surface area contributed by atoms with Gasteiger partial charge in [0.15, 0.2) is 0 Å². The van der Waals surface area contributed by atoms with Crippen LogP contribution in [0.15, 0.2) is 42.5 Å². The number of benzene rings is 2. The van der Waals surface area contributed by atoms with Crippen LogP contribution in [0.1, 0.15) is 68.6 Å². The zero-order chi connectivity index (χ0) is 18.6. The van der Waals surface area contributed by atoms with Crippen molar-refractivity contribution in [2.45, 2.75) is 58.3 Å². The monoisotopic (exact) mass is 346 g/mol. The normalized spacial score (nSPS) is 10.1. The van der Waals surface area contributed by atoms with E-state index >= 15 is 0 Å². The van der Waals surface area contributed by atoms with E-state index in [0.717, 1.165) is 24.2 Å². The number of ether oxygens (including phenoxy) is 1. The van der Waals surface area contributed by atoms with Crippen LogP contribution in [0.4, 0.5) is 0 Å². The van der Waals surface area contributed by atoms with E-state index in [-0.39, 0.29) is 0 Å². The molecule has 134 valence electrons. The van der Waals surface area contributed by atoms with Gasteiger partial charge in [-0.25, -0.2) is 0 Å². The molecule has 2 rings (SSSR count). The van der Waals surface area contributed by atoms with E-state index in [9.17, 15) is 5.26 Å². The molecule has 0 unspecified atom stereocenters. The van der Waals surface area contributed by atoms with Crippen LogP contribution in [-0.4, -0.2) is 0 Å². The second-order valence-electron chi connectivity index (χ2n) is 6.48. The molecule has 0 saturated heterocycles. The van der Waals surface area contributed by atoms with E-state index in [1.165, 1.54) is 38.5 Å². The Labute approximate surface area is 156 Å². The third-order valence-electron chi connectivity index (χ3n) is 4.50. The van der Waals surface area contributed by atoms with E-state index in [2.05, 4.69) is 19.1 Å². The smallest absolute Gasteiger partial charge is 0.146 e. The molecule has 0 heterocycles. The van der Waals surface area contributed by atoms with Gasteiger partial charge < -0.3 is 4.74 Å². The third kappa shape index (κ3) is 5.64. The van der Waals surface area contributed by atoms with Gasteiger partial charge in [-0.05, 0) is 36.6 Å². The van der Waals surface area contributed by atoms with Crippen LogP contribution in [0.3, 0.4) is 0 Å². The fourth-order valence-electron chi connectivity index (χ4n) is 3.03. The van der Waals surface area contributed by atoms with Gasteiger partial charge in [0, 0.05) is 0 Å². The van der Waals surface area contributed by atoms with E-state index in [1.54, 1.807) is 18.2 Å². The average Bonchev–Trinajstić information content (AvgIpc) is 2.68. The molecule has 0 saturated carbocycles. The molecule has 0 atom stereocenters. The van der Waals surface area contributed by atoms with E-state index in [0.29, 0.717) is 16.9 Å². The fourth-order valence-corrected chi connectivity index (χ4v) is 3.03. The molecular weight excluding hydrogens is 320 g/mol. The Morgan fingerprint density at radius 3 is 2.19 bits per heavy atom. The molecule has 0 aliphatic heterocycles. The molecule has 0 N–H and O–H groups in total. The van der Waals surface area contributed by atoms with Crippen LogP contribution in [0, 0.1) is 22.7 Å². The molecule has 26 heavy (non-hydrogen) atoms. The standard InChI is InChI=1S/C23H26N2O/c1-2-3-4-5-6-7-8-12-19-13-9-10-15-22(19)26-23-16-11-14-20(17-24)21(23)18-25/h9-11,13-16H,2-8,12H2,1H3. The highest BCUT2D eigenvalue weighted by atomic mass is 16.5. The highest BCUT2D eigenvalue weighted by molar-refractivity contribution is 5.55. The van der Waals surface area contributed by atoms with Gasteiger partial charge in [-0.3, -0.25) is 0 Å². The lowest BCUT2D eigenvalue weighted by Gasteiger charge is -2.12. The van der Waals surface area contributed by atoms with Gasteiger partial charge in [0.25, 0.3) is 0 Å². The van der Waals surface area contributed by atoms with Crippen LogP contribution >= 0.6 is 0 Å². The van der Waals surface area contributed by atoms with Gasteiger partial charge in [-0.2, -0.15) is 10.5 Å². The highest BCUT2D eigenvalue weighted by Crippen LogP contribution is 2.30. The van der Waals surface area contributed by atoms with E-state index in [4.69, 9.17) is 10.00 Å². The minimum atomic E-state index is 0.292. The first-order valence-electron chi connectivity index (χ1n) is 9.49. The Balaban J connectivity index is 2.00. The summed E-state index contributed by atoms with van der Waals surface area (Å²) < 4.78 is 6.01. The molecule has 3 heteroatoms. The minimum absolute atomic E-state index is 0.292. The van der Waals surface area contributed by atoms with E-state index in [1.807, 2.05) is 24.3 Å². The maximum absolute atomic E-state index is 9.36. The van der Waals surface area contributed by atoms with Crippen molar-refractivity contribution in [3.05, 3.63) is 59.2 Å². The minimum Gasteiger partial charge on any atom is -0.456 e. The second-order valence-corrected chi connectivity index (χ2v) is 6.48. The SMILES string of the molecule is CCCCCCCCCc1ccccc1Oc1cccc(C#N)c1C#N. The summed E-state index contributed by atoms with van der Waals surface area (Å²) in [6.07, 6.45) is 9.87. The summed E-state index contributed by atoms with van der Waals surface area (Å²) in [6.45, 7) is 2.24. The Hall–Kier alpha value is -2.78. The molecule has 0 bridgehead atoms. The molecule has 0 spiro atoms. The maximum Gasteiger partial charge on any atom is 0.146 e. The molecule has 0 radical (unpaired) electrons. The number of unbranched alkanes of at least 4 members (excludes halogenated alkanes) is 6. The molecular formula is C23H26N2O. The molecule has 0 aromatic heterocycles. The van der Waals surface area contributed by atoms with Gasteiger partial charge in [0.2, 0.25) is 0 Å². The van der Waals surface area contributed by atoms with Crippen molar-refractivity contribution in [1.29, 1.82) is 10.5 Å². The zero-order valence-electron chi connectivity index (χ0n) is 15.5. The van der Waals surface area contributed by atoms with Crippen molar-refractivity contribution in [3.8, 4) is 23.6 Å². The number of rotatable bonds is 10. The van der Waals surface area contributed by atoms with Crippen molar-refractivity contribution < 1.29 is 4.74 Å². The van der Waals surface area contributed by atoms with Crippen LogP contribution in [0.2, 0.25) is 0 Å². The summed E-state index contributed by atoms with van der Waals surface area (Å²) in [5, 5.41) is 18.5. The van der Waals surface area contributed by atoms with Crippen molar-refractivity contribution in [1.82, 2.24) is 0 Å². The number of hydrogen-bond acceptors (Lipinski definition) is 3. The van der Waals surface area contributed by atoms with Gasteiger partial charge in [0.05, 0.1) is 5.56 Å². The highest BCUT2D eigenvalue weighted by Gasteiger charge is 2.11. The fraction of sp³-hybridized carbons (Fsp3) is 0.391. The first-order chi connectivity index (χ1) is 12.8. The Bertz CT molecular complexity index is 784. The van der Waals surface area contributed by atoms with Crippen molar-refractivity contribution in [2.24, 2.45) is 0 Å². The number of nitriles is 2.